The van der Waals surface area contributed by atoms with Crippen molar-refractivity contribution in [1.29, 1.82) is 0 Å². The lowest BCUT2D eigenvalue weighted by atomic mass is 10.2. The highest BCUT2D eigenvalue weighted by Crippen LogP contribution is 2.23. The normalized spacial score (nSPS) is 16.2. The standard InChI is InChI=1S/C11H11ClN2O2/c1-7-2-3-8(6-9(7)12)14-5-4-13-10(15)11(14)16/h2-3,6H,4-5H2,1H3,(H,13,15). The van der Waals surface area contributed by atoms with Gasteiger partial charge in [0.15, 0.2) is 0 Å². The summed E-state index contributed by atoms with van der Waals surface area (Å²) in [6.07, 6.45) is 0. The molecule has 0 saturated carbocycles. The van der Waals surface area contributed by atoms with E-state index in [1.807, 2.05) is 13.0 Å². The van der Waals surface area contributed by atoms with Crippen molar-refractivity contribution in [3.63, 3.8) is 0 Å². The molecule has 0 aromatic heterocycles. The van der Waals surface area contributed by atoms with Crippen molar-refractivity contribution < 1.29 is 9.59 Å². The van der Waals surface area contributed by atoms with Crippen LogP contribution in [0.1, 0.15) is 5.56 Å². The largest absolute Gasteiger partial charge is 0.346 e. The van der Waals surface area contributed by atoms with Crippen LogP contribution in [0.3, 0.4) is 0 Å². The molecule has 16 heavy (non-hydrogen) atoms. The monoisotopic (exact) mass is 238 g/mol. The van der Waals surface area contributed by atoms with Crippen LogP contribution in [0.25, 0.3) is 0 Å². The fourth-order valence-corrected chi connectivity index (χ4v) is 1.75. The van der Waals surface area contributed by atoms with Crippen molar-refractivity contribution in [2.45, 2.75) is 6.92 Å². The number of benzene rings is 1. The molecule has 0 bridgehead atoms. The molecule has 84 valence electrons. The Bertz CT molecular complexity index is 459. The zero-order chi connectivity index (χ0) is 11.7. The van der Waals surface area contributed by atoms with E-state index in [0.717, 1.165) is 5.56 Å². The van der Waals surface area contributed by atoms with Gasteiger partial charge in [-0.05, 0) is 24.6 Å². The van der Waals surface area contributed by atoms with Gasteiger partial charge < -0.3 is 10.2 Å². The van der Waals surface area contributed by atoms with E-state index in [9.17, 15) is 9.59 Å². The Kier molecular flexibility index (Phi) is 2.83. The minimum absolute atomic E-state index is 0.468. The zero-order valence-corrected chi connectivity index (χ0v) is 9.54. The number of piperazine rings is 1. The first-order chi connectivity index (χ1) is 7.59. The van der Waals surface area contributed by atoms with Crippen LogP contribution < -0.4 is 10.2 Å². The molecule has 0 unspecified atom stereocenters. The molecule has 2 rings (SSSR count). The number of carbonyl (C=O) groups is 2. The van der Waals surface area contributed by atoms with Gasteiger partial charge in [-0.2, -0.15) is 0 Å². The van der Waals surface area contributed by atoms with Gasteiger partial charge in [0.25, 0.3) is 0 Å². The molecule has 4 nitrogen and oxygen atoms in total. The molecule has 1 saturated heterocycles. The average Bonchev–Trinajstić information content (AvgIpc) is 2.26. The lowest BCUT2D eigenvalue weighted by molar-refractivity contribution is -0.138. The van der Waals surface area contributed by atoms with E-state index in [1.54, 1.807) is 12.1 Å². The van der Waals surface area contributed by atoms with E-state index in [1.165, 1.54) is 4.90 Å². The van der Waals surface area contributed by atoms with Crippen molar-refractivity contribution in [3.8, 4) is 0 Å². The maximum Gasteiger partial charge on any atom is 0.316 e. The second-order valence-corrected chi connectivity index (χ2v) is 4.05. The van der Waals surface area contributed by atoms with Crippen molar-refractivity contribution in [3.05, 3.63) is 28.8 Å². The summed E-state index contributed by atoms with van der Waals surface area (Å²) in [6, 6.07) is 5.32. The van der Waals surface area contributed by atoms with Crippen molar-refractivity contribution in [1.82, 2.24) is 5.32 Å². The van der Waals surface area contributed by atoms with Gasteiger partial charge in [-0.1, -0.05) is 17.7 Å². The molecular formula is C11H11ClN2O2. The third kappa shape index (κ3) is 1.88. The summed E-state index contributed by atoms with van der Waals surface area (Å²) in [4.78, 5) is 24.2. The van der Waals surface area contributed by atoms with E-state index in [4.69, 9.17) is 11.6 Å². The first-order valence-electron chi connectivity index (χ1n) is 4.95. The molecule has 0 aliphatic carbocycles. The lowest BCUT2D eigenvalue weighted by Crippen LogP contribution is -2.52. The zero-order valence-electron chi connectivity index (χ0n) is 8.79. The molecule has 5 heteroatoms. The maximum atomic E-state index is 11.6. The van der Waals surface area contributed by atoms with Crippen molar-refractivity contribution in [2.75, 3.05) is 18.0 Å². The number of halogens is 1. The van der Waals surface area contributed by atoms with Crippen LogP contribution in [0, 0.1) is 6.92 Å². The second-order valence-electron chi connectivity index (χ2n) is 3.65. The molecule has 0 atom stereocenters. The Labute approximate surface area is 98.2 Å². The Morgan fingerprint density at radius 2 is 2.12 bits per heavy atom. The summed E-state index contributed by atoms with van der Waals surface area (Å²) >= 11 is 5.98. The number of hydrogen-bond acceptors (Lipinski definition) is 2. The third-order valence-corrected chi connectivity index (χ3v) is 2.93. The van der Waals surface area contributed by atoms with Gasteiger partial charge in [0.1, 0.15) is 0 Å². The molecule has 1 fully saturated rings. The Balaban J connectivity index is 2.32. The summed E-state index contributed by atoms with van der Waals surface area (Å²) < 4.78 is 0. The lowest BCUT2D eigenvalue weighted by Gasteiger charge is -2.26. The molecule has 1 aromatic rings. The summed E-state index contributed by atoms with van der Waals surface area (Å²) in [5.41, 5.74) is 1.61. The van der Waals surface area contributed by atoms with Crippen LogP contribution in [-0.2, 0) is 9.59 Å². The van der Waals surface area contributed by atoms with E-state index in [0.29, 0.717) is 23.8 Å². The molecule has 0 spiro atoms. The molecule has 1 heterocycles. The molecule has 1 aromatic carbocycles. The fourth-order valence-electron chi connectivity index (χ4n) is 1.58. The predicted octanol–water partition coefficient (Wildman–Crippen LogP) is 1.11. The molecule has 1 aliphatic rings. The summed E-state index contributed by atoms with van der Waals surface area (Å²) in [5.74, 6) is -1.10. The number of amides is 2. The first kappa shape index (κ1) is 11.0. The highest BCUT2D eigenvalue weighted by atomic mass is 35.5. The molecule has 0 radical (unpaired) electrons. The smallest absolute Gasteiger partial charge is 0.316 e. The van der Waals surface area contributed by atoms with E-state index in [-0.39, 0.29) is 0 Å². The van der Waals surface area contributed by atoms with Gasteiger partial charge in [-0.3, -0.25) is 9.59 Å². The summed E-state index contributed by atoms with van der Waals surface area (Å²) in [6.45, 7) is 2.83. The van der Waals surface area contributed by atoms with E-state index < -0.39 is 11.8 Å². The molecular weight excluding hydrogens is 228 g/mol. The number of hydrogen-bond donors (Lipinski definition) is 1. The molecule has 2 amide bonds. The Morgan fingerprint density at radius 1 is 1.38 bits per heavy atom. The summed E-state index contributed by atoms with van der Waals surface area (Å²) in [5, 5.41) is 3.09. The van der Waals surface area contributed by atoms with E-state index >= 15 is 0 Å². The minimum atomic E-state index is -0.567. The third-order valence-electron chi connectivity index (χ3n) is 2.53. The first-order valence-corrected chi connectivity index (χ1v) is 5.33. The van der Waals surface area contributed by atoms with Gasteiger partial charge in [-0.25, -0.2) is 0 Å². The van der Waals surface area contributed by atoms with Gasteiger partial charge in [0.2, 0.25) is 0 Å². The number of carbonyl (C=O) groups excluding carboxylic acids is 2. The number of nitrogens with one attached hydrogen (secondary N) is 1. The average molecular weight is 239 g/mol. The maximum absolute atomic E-state index is 11.6. The fraction of sp³-hybridized carbons (Fsp3) is 0.273. The van der Waals surface area contributed by atoms with E-state index in [2.05, 4.69) is 5.32 Å². The second kappa shape index (κ2) is 4.14. The number of aryl methyl sites for hydroxylation is 1. The Hall–Kier alpha value is -1.55. The van der Waals surface area contributed by atoms with Crippen molar-refractivity contribution >= 4 is 29.1 Å². The van der Waals surface area contributed by atoms with Gasteiger partial charge in [0.05, 0.1) is 0 Å². The highest BCUT2D eigenvalue weighted by molar-refractivity contribution is 6.41. The SMILES string of the molecule is Cc1ccc(N2CCNC(=O)C2=O)cc1Cl. The Morgan fingerprint density at radius 3 is 2.81 bits per heavy atom. The highest BCUT2D eigenvalue weighted by Gasteiger charge is 2.27. The number of nitrogens with zero attached hydrogens (tertiary/aromatic N) is 1. The topological polar surface area (TPSA) is 49.4 Å². The number of rotatable bonds is 1. The van der Waals surface area contributed by atoms with Gasteiger partial charge in [0, 0.05) is 23.8 Å². The van der Waals surface area contributed by atoms with Crippen LogP contribution in [0.5, 0.6) is 0 Å². The van der Waals surface area contributed by atoms with Crippen LogP contribution in [-0.4, -0.2) is 24.9 Å². The quantitative estimate of drug-likeness (QED) is 0.746. The van der Waals surface area contributed by atoms with Crippen LogP contribution in [0.15, 0.2) is 18.2 Å². The molecule has 1 aliphatic heterocycles. The number of anilines is 1. The van der Waals surface area contributed by atoms with Gasteiger partial charge in [-0.15, -0.1) is 0 Å². The van der Waals surface area contributed by atoms with Gasteiger partial charge >= 0.3 is 11.8 Å². The molecule has 1 N–H and O–H groups in total. The predicted molar refractivity (Wildman–Crippen MR) is 61.6 cm³/mol. The van der Waals surface area contributed by atoms with Crippen LogP contribution in [0.2, 0.25) is 5.02 Å². The van der Waals surface area contributed by atoms with Crippen LogP contribution >= 0.6 is 11.6 Å². The van der Waals surface area contributed by atoms with Crippen LogP contribution in [0.4, 0.5) is 5.69 Å². The minimum Gasteiger partial charge on any atom is -0.346 e. The van der Waals surface area contributed by atoms with Crippen molar-refractivity contribution in [2.24, 2.45) is 0 Å². The summed E-state index contributed by atoms with van der Waals surface area (Å²) in [7, 11) is 0.